The Morgan fingerprint density at radius 1 is 1.64 bits per heavy atom. The predicted molar refractivity (Wildman–Crippen MR) is 44.6 cm³/mol. The molecule has 0 aliphatic heterocycles. The summed E-state index contributed by atoms with van der Waals surface area (Å²) in [7, 11) is -1.13. The van der Waals surface area contributed by atoms with Gasteiger partial charge in [0.2, 0.25) is 0 Å². The second kappa shape index (κ2) is 5.07. The van der Waals surface area contributed by atoms with Crippen LogP contribution in [0.4, 0.5) is 0 Å². The minimum atomic E-state index is -1.13. The van der Waals surface area contributed by atoms with Crippen molar-refractivity contribution in [3.05, 3.63) is 11.5 Å². The molecule has 0 saturated carbocycles. The van der Waals surface area contributed by atoms with Gasteiger partial charge in [-0.15, -0.1) is 0 Å². The van der Waals surface area contributed by atoms with E-state index in [1.807, 2.05) is 13.8 Å². The van der Waals surface area contributed by atoms with E-state index in [1.165, 1.54) is 5.41 Å². The third kappa shape index (κ3) is 7.25. The molecule has 0 heterocycles. The molecule has 3 nitrogen and oxygen atoms in total. The molecule has 0 aliphatic rings. The third-order valence-corrected chi connectivity index (χ3v) is 2.29. The van der Waals surface area contributed by atoms with Gasteiger partial charge in [-0.1, -0.05) is 13.8 Å². The predicted octanol–water partition coefficient (Wildman–Crippen LogP) is 0.989. The van der Waals surface area contributed by atoms with Crippen LogP contribution in [-0.4, -0.2) is 21.0 Å². The lowest BCUT2D eigenvalue weighted by molar-refractivity contribution is -0.131. The summed E-state index contributed by atoms with van der Waals surface area (Å²) in [5.41, 5.74) is 0. The van der Waals surface area contributed by atoms with E-state index in [1.54, 1.807) is 0 Å². The van der Waals surface area contributed by atoms with Crippen LogP contribution < -0.4 is 0 Å². The molecule has 0 rings (SSSR count). The van der Waals surface area contributed by atoms with Crippen LogP contribution in [0.3, 0.4) is 0 Å². The Balaban J connectivity index is 3.78. The van der Waals surface area contributed by atoms with E-state index < -0.39 is 16.8 Å². The maximum absolute atomic E-state index is 10.9. The fourth-order valence-electron chi connectivity index (χ4n) is 0.518. The molecule has 0 aromatic heterocycles. The molecule has 64 valence electrons. The SMILES string of the molecule is CC(C)CS(=O)/C=C/C(=O)O. The van der Waals surface area contributed by atoms with Crippen molar-refractivity contribution >= 4 is 16.8 Å². The lowest BCUT2D eigenvalue weighted by atomic mass is 10.3. The summed E-state index contributed by atoms with van der Waals surface area (Å²) in [5, 5.41) is 9.39. The van der Waals surface area contributed by atoms with Crippen LogP contribution in [0.15, 0.2) is 11.5 Å². The van der Waals surface area contributed by atoms with Gasteiger partial charge in [0.1, 0.15) is 0 Å². The normalized spacial score (nSPS) is 14.1. The zero-order chi connectivity index (χ0) is 8.85. The van der Waals surface area contributed by atoms with Crippen LogP contribution in [0, 0.1) is 5.92 Å². The van der Waals surface area contributed by atoms with E-state index in [0.717, 1.165) is 6.08 Å². The van der Waals surface area contributed by atoms with Gasteiger partial charge in [0, 0.05) is 28.0 Å². The van der Waals surface area contributed by atoms with Crippen molar-refractivity contribution in [2.24, 2.45) is 5.92 Å². The Hall–Kier alpha value is -0.640. The van der Waals surface area contributed by atoms with E-state index >= 15 is 0 Å². The van der Waals surface area contributed by atoms with E-state index in [4.69, 9.17) is 5.11 Å². The van der Waals surface area contributed by atoms with Crippen molar-refractivity contribution in [3.63, 3.8) is 0 Å². The average Bonchev–Trinajstić information content (AvgIpc) is 1.82. The molecule has 0 spiro atoms. The van der Waals surface area contributed by atoms with E-state index in [9.17, 15) is 9.00 Å². The zero-order valence-corrected chi connectivity index (χ0v) is 7.43. The van der Waals surface area contributed by atoms with Crippen molar-refractivity contribution in [1.82, 2.24) is 0 Å². The third-order valence-electron chi connectivity index (χ3n) is 0.860. The molecule has 0 bridgehead atoms. The molecule has 0 aromatic rings. The number of carbonyl (C=O) groups is 1. The molecule has 1 N–H and O–H groups in total. The van der Waals surface area contributed by atoms with Gasteiger partial charge in [-0.2, -0.15) is 0 Å². The Morgan fingerprint density at radius 2 is 2.18 bits per heavy atom. The lowest BCUT2D eigenvalue weighted by Gasteiger charge is -1.98. The highest BCUT2D eigenvalue weighted by molar-refractivity contribution is 7.88. The van der Waals surface area contributed by atoms with Crippen LogP contribution >= 0.6 is 0 Å². The molecule has 0 radical (unpaired) electrons. The van der Waals surface area contributed by atoms with Crippen molar-refractivity contribution in [1.29, 1.82) is 0 Å². The molecular formula is C7H12O3S. The largest absolute Gasteiger partial charge is 0.478 e. The smallest absolute Gasteiger partial charge is 0.328 e. The van der Waals surface area contributed by atoms with Crippen molar-refractivity contribution in [2.45, 2.75) is 13.8 Å². The molecule has 4 heteroatoms. The molecule has 0 aliphatic carbocycles. The van der Waals surface area contributed by atoms with Crippen molar-refractivity contribution < 1.29 is 14.1 Å². The first-order valence-electron chi connectivity index (χ1n) is 3.30. The molecule has 0 saturated heterocycles. The van der Waals surface area contributed by atoms with Crippen LogP contribution in [0.1, 0.15) is 13.8 Å². The van der Waals surface area contributed by atoms with Gasteiger partial charge in [0.15, 0.2) is 0 Å². The summed E-state index contributed by atoms with van der Waals surface area (Å²) < 4.78 is 10.9. The number of rotatable bonds is 4. The maximum Gasteiger partial charge on any atom is 0.328 e. The van der Waals surface area contributed by atoms with Crippen LogP contribution in [-0.2, 0) is 15.6 Å². The van der Waals surface area contributed by atoms with Crippen LogP contribution in [0.5, 0.6) is 0 Å². The highest BCUT2D eigenvalue weighted by atomic mass is 32.2. The first-order chi connectivity index (χ1) is 5.02. The first kappa shape index (κ1) is 10.4. The zero-order valence-electron chi connectivity index (χ0n) is 6.61. The van der Waals surface area contributed by atoms with E-state index in [2.05, 4.69) is 0 Å². The number of hydrogen-bond acceptors (Lipinski definition) is 2. The second-order valence-electron chi connectivity index (χ2n) is 2.58. The van der Waals surface area contributed by atoms with E-state index in [0.29, 0.717) is 11.7 Å². The maximum atomic E-state index is 10.9. The molecule has 1 atom stereocenters. The van der Waals surface area contributed by atoms with Crippen LogP contribution in [0.2, 0.25) is 0 Å². The van der Waals surface area contributed by atoms with Gasteiger partial charge >= 0.3 is 5.97 Å². The first-order valence-corrected chi connectivity index (χ1v) is 4.69. The molecular weight excluding hydrogens is 164 g/mol. The highest BCUT2D eigenvalue weighted by Crippen LogP contribution is 1.96. The van der Waals surface area contributed by atoms with Gasteiger partial charge in [-0.05, 0) is 5.92 Å². The quantitative estimate of drug-likeness (QED) is 0.650. The van der Waals surface area contributed by atoms with Gasteiger partial charge in [0.05, 0.1) is 0 Å². The fraction of sp³-hybridized carbons (Fsp3) is 0.571. The summed E-state index contributed by atoms with van der Waals surface area (Å²) >= 11 is 0. The molecule has 11 heavy (non-hydrogen) atoms. The standard InChI is InChI=1S/C7H12O3S/c1-6(2)5-11(10)4-3-7(8)9/h3-4,6H,5H2,1-2H3,(H,8,9)/b4-3+. The monoisotopic (exact) mass is 176 g/mol. The second-order valence-corrected chi connectivity index (χ2v) is 3.95. The molecule has 0 amide bonds. The topological polar surface area (TPSA) is 54.4 Å². The highest BCUT2D eigenvalue weighted by Gasteiger charge is 1.98. The number of aliphatic carboxylic acids is 1. The minimum absolute atomic E-state index is 0.328. The Morgan fingerprint density at radius 3 is 2.55 bits per heavy atom. The van der Waals surface area contributed by atoms with Gasteiger partial charge in [-0.3, -0.25) is 4.21 Å². The summed E-state index contributed by atoms with van der Waals surface area (Å²) in [6.45, 7) is 3.87. The Bertz CT molecular complexity index is 184. The van der Waals surface area contributed by atoms with E-state index in [-0.39, 0.29) is 0 Å². The average molecular weight is 176 g/mol. The Kier molecular flexibility index (Phi) is 4.77. The minimum Gasteiger partial charge on any atom is -0.478 e. The summed E-state index contributed by atoms with van der Waals surface area (Å²) in [4.78, 5) is 9.97. The van der Waals surface area contributed by atoms with Gasteiger partial charge in [0.25, 0.3) is 0 Å². The van der Waals surface area contributed by atoms with Crippen molar-refractivity contribution in [2.75, 3.05) is 5.75 Å². The van der Waals surface area contributed by atoms with Crippen LogP contribution in [0.25, 0.3) is 0 Å². The lowest BCUT2D eigenvalue weighted by Crippen LogP contribution is -2.01. The summed E-state index contributed by atoms with van der Waals surface area (Å²) in [5.74, 6) is -0.208. The fourth-order valence-corrected chi connectivity index (χ4v) is 1.55. The summed E-state index contributed by atoms with van der Waals surface area (Å²) in [6, 6.07) is 0. The Labute approximate surface area is 68.6 Å². The van der Waals surface area contributed by atoms with Crippen molar-refractivity contribution in [3.8, 4) is 0 Å². The number of hydrogen-bond donors (Lipinski definition) is 1. The number of carboxylic acids is 1. The molecule has 0 aromatic carbocycles. The van der Waals surface area contributed by atoms with Gasteiger partial charge in [-0.25, -0.2) is 4.79 Å². The van der Waals surface area contributed by atoms with Gasteiger partial charge < -0.3 is 5.11 Å². The summed E-state index contributed by atoms with van der Waals surface area (Å²) in [6.07, 6.45) is 0.915. The molecule has 1 unspecified atom stereocenters. The molecule has 0 fully saturated rings. The number of carboxylic acid groups (broad SMARTS) is 1.